The maximum Gasteiger partial charge on any atom is 0.239 e. The number of hydrogen-bond donors (Lipinski definition) is 1. The molecule has 0 aromatic heterocycles. The third-order valence-electron chi connectivity index (χ3n) is 3.27. The number of nitrogens with zero attached hydrogens (tertiary/aromatic N) is 1. The van der Waals surface area contributed by atoms with Crippen LogP contribution >= 0.6 is 0 Å². The average Bonchev–Trinajstić information content (AvgIpc) is 2.45. The number of carbonyl (C=O) groups is 1. The van der Waals surface area contributed by atoms with E-state index >= 15 is 0 Å². The summed E-state index contributed by atoms with van der Waals surface area (Å²) in [5, 5.41) is 2.83. The van der Waals surface area contributed by atoms with Gasteiger partial charge in [0.15, 0.2) is 11.6 Å². The highest BCUT2D eigenvalue weighted by atomic mass is 19.1. The van der Waals surface area contributed by atoms with Crippen molar-refractivity contribution in [2.24, 2.45) is 0 Å². The van der Waals surface area contributed by atoms with Crippen LogP contribution in [0.3, 0.4) is 0 Å². The zero-order valence-electron chi connectivity index (χ0n) is 12.4. The van der Waals surface area contributed by atoms with Gasteiger partial charge in [0.1, 0.15) is 6.10 Å². The summed E-state index contributed by atoms with van der Waals surface area (Å²) >= 11 is 0. The molecular formula is C15H21FN2O3. The molecule has 0 bridgehead atoms. The largest absolute Gasteiger partial charge is 0.484 e. The highest BCUT2D eigenvalue weighted by Crippen LogP contribution is 2.35. The molecule has 0 spiro atoms. The number of carbonyl (C=O) groups excluding carboxylic acids is 1. The summed E-state index contributed by atoms with van der Waals surface area (Å²) in [6.45, 7) is 3.80. The second kappa shape index (κ2) is 7.26. The Bertz CT molecular complexity index is 496. The van der Waals surface area contributed by atoms with Crippen LogP contribution in [0.2, 0.25) is 0 Å². The molecule has 1 aromatic rings. The lowest BCUT2D eigenvalue weighted by atomic mass is 10.2. The van der Waals surface area contributed by atoms with Crippen LogP contribution in [-0.4, -0.2) is 45.4 Å². The van der Waals surface area contributed by atoms with Crippen molar-refractivity contribution in [1.29, 1.82) is 0 Å². The highest BCUT2D eigenvalue weighted by molar-refractivity contribution is 5.82. The first-order valence-corrected chi connectivity index (χ1v) is 7.07. The van der Waals surface area contributed by atoms with Crippen LogP contribution in [0.25, 0.3) is 0 Å². The minimum atomic E-state index is -0.399. The Kier molecular flexibility index (Phi) is 5.38. The lowest BCUT2D eigenvalue weighted by molar-refractivity contribution is -0.119. The van der Waals surface area contributed by atoms with Gasteiger partial charge in [-0.15, -0.1) is 0 Å². The Hall–Kier alpha value is -1.82. The number of para-hydroxylation sites is 1. The number of nitrogens with one attached hydrogen (secondary N) is 1. The first kappa shape index (κ1) is 15.6. The standard InChI is InChI=1S/C15H21FN2O3/c1-11-9-18(10-14(19)17-7-4-8-20-2)13-6-3-5-12(16)15(13)21-11/h3,5-6,11H,4,7-10H2,1-2H3,(H,17,19). The highest BCUT2D eigenvalue weighted by Gasteiger charge is 2.26. The number of fused-ring (bicyclic) bond motifs is 1. The van der Waals surface area contributed by atoms with E-state index in [0.29, 0.717) is 25.4 Å². The van der Waals surface area contributed by atoms with E-state index in [4.69, 9.17) is 9.47 Å². The molecule has 0 aliphatic carbocycles. The Morgan fingerprint density at radius 1 is 1.57 bits per heavy atom. The van der Waals surface area contributed by atoms with Crippen molar-refractivity contribution in [3.63, 3.8) is 0 Å². The lowest BCUT2D eigenvalue weighted by Crippen LogP contribution is -2.44. The summed E-state index contributed by atoms with van der Waals surface area (Å²) in [5.41, 5.74) is 0.625. The SMILES string of the molecule is COCCCNC(=O)CN1CC(C)Oc2c(F)cccc21. The molecule has 0 fully saturated rings. The van der Waals surface area contributed by atoms with E-state index in [1.807, 2.05) is 11.8 Å². The molecule has 1 N–H and O–H groups in total. The lowest BCUT2D eigenvalue weighted by Gasteiger charge is -2.34. The molecule has 0 saturated carbocycles. The molecule has 116 valence electrons. The van der Waals surface area contributed by atoms with Crippen LogP contribution in [0.5, 0.6) is 5.75 Å². The number of rotatable bonds is 6. The molecule has 1 amide bonds. The molecule has 0 radical (unpaired) electrons. The van der Waals surface area contributed by atoms with Crippen LogP contribution in [0.1, 0.15) is 13.3 Å². The number of methoxy groups -OCH3 is 1. The molecule has 1 aromatic carbocycles. The van der Waals surface area contributed by atoms with E-state index in [2.05, 4.69) is 5.32 Å². The number of anilines is 1. The fourth-order valence-electron chi connectivity index (χ4n) is 2.33. The first-order valence-electron chi connectivity index (χ1n) is 7.07. The van der Waals surface area contributed by atoms with Gasteiger partial charge in [-0.2, -0.15) is 0 Å². The van der Waals surface area contributed by atoms with E-state index < -0.39 is 5.82 Å². The van der Waals surface area contributed by atoms with Gasteiger partial charge < -0.3 is 19.7 Å². The molecule has 5 nitrogen and oxygen atoms in total. The summed E-state index contributed by atoms with van der Waals surface area (Å²) in [7, 11) is 1.63. The van der Waals surface area contributed by atoms with Crippen LogP contribution < -0.4 is 15.0 Å². The smallest absolute Gasteiger partial charge is 0.239 e. The fourth-order valence-corrected chi connectivity index (χ4v) is 2.33. The topological polar surface area (TPSA) is 50.8 Å². The molecule has 1 heterocycles. The van der Waals surface area contributed by atoms with Gasteiger partial charge in [-0.05, 0) is 25.5 Å². The van der Waals surface area contributed by atoms with E-state index in [-0.39, 0.29) is 24.3 Å². The Labute approximate surface area is 124 Å². The van der Waals surface area contributed by atoms with Crippen LogP contribution in [0, 0.1) is 5.82 Å². The first-order chi connectivity index (χ1) is 10.1. The van der Waals surface area contributed by atoms with Crippen molar-refractivity contribution in [2.75, 3.05) is 38.3 Å². The monoisotopic (exact) mass is 296 g/mol. The maximum atomic E-state index is 13.8. The third-order valence-corrected chi connectivity index (χ3v) is 3.27. The maximum absolute atomic E-state index is 13.8. The predicted octanol–water partition coefficient (Wildman–Crippen LogP) is 1.57. The van der Waals surface area contributed by atoms with Gasteiger partial charge in [-0.3, -0.25) is 4.79 Å². The second-order valence-electron chi connectivity index (χ2n) is 5.09. The molecule has 2 rings (SSSR count). The number of halogens is 1. The van der Waals surface area contributed by atoms with Crippen molar-refractivity contribution in [3.05, 3.63) is 24.0 Å². The molecule has 1 atom stereocenters. The summed E-state index contributed by atoms with van der Waals surface area (Å²) in [4.78, 5) is 13.8. The predicted molar refractivity (Wildman–Crippen MR) is 78.2 cm³/mol. The molecule has 0 saturated heterocycles. The van der Waals surface area contributed by atoms with Crippen molar-refractivity contribution in [2.45, 2.75) is 19.4 Å². The van der Waals surface area contributed by atoms with E-state index in [9.17, 15) is 9.18 Å². The van der Waals surface area contributed by atoms with Gasteiger partial charge in [0.05, 0.1) is 18.8 Å². The zero-order valence-corrected chi connectivity index (χ0v) is 12.4. The Balaban J connectivity index is 1.98. The summed E-state index contributed by atoms with van der Waals surface area (Å²) in [5.74, 6) is -0.261. The third kappa shape index (κ3) is 4.07. The quantitative estimate of drug-likeness (QED) is 0.810. The van der Waals surface area contributed by atoms with Gasteiger partial charge in [-0.25, -0.2) is 4.39 Å². The van der Waals surface area contributed by atoms with Gasteiger partial charge >= 0.3 is 0 Å². The average molecular weight is 296 g/mol. The van der Waals surface area contributed by atoms with Crippen molar-refractivity contribution >= 4 is 11.6 Å². The fraction of sp³-hybridized carbons (Fsp3) is 0.533. The minimum absolute atomic E-state index is 0.0876. The normalized spacial score (nSPS) is 17.1. The zero-order chi connectivity index (χ0) is 15.2. The summed E-state index contributed by atoms with van der Waals surface area (Å²) < 4.78 is 24.2. The van der Waals surface area contributed by atoms with Crippen molar-refractivity contribution in [1.82, 2.24) is 5.32 Å². The van der Waals surface area contributed by atoms with E-state index in [1.165, 1.54) is 6.07 Å². The summed E-state index contributed by atoms with van der Waals surface area (Å²) in [6, 6.07) is 4.75. The molecule has 6 heteroatoms. The number of hydrogen-bond acceptors (Lipinski definition) is 4. The molecule has 1 unspecified atom stereocenters. The van der Waals surface area contributed by atoms with Crippen LogP contribution in [-0.2, 0) is 9.53 Å². The minimum Gasteiger partial charge on any atom is -0.484 e. The molecule has 21 heavy (non-hydrogen) atoms. The van der Waals surface area contributed by atoms with Crippen molar-refractivity contribution in [3.8, 4) is 5.75 Å². The van der Waals surface area contributed by atoms with Gasteiger partial charge in [0.25, 0.3) is 0 Å². The van der Waals surface area contributed by atoms with Gasteiger partial charge in [-0.1, -0.05) is 6.07 Å². The molecular weight excluding hydrogens is 275 g/mol. The number of ether oxygens (including phenoxy) is 2. The van der Waals surface area contributed by atoms with Gasteiger partial charge in [0.2, 0.25) is 5.91 Å². The van der Waals surface area contributed by atoms with Crippen LogP contribution in [0.15, 0.2) is 18.2 Å². The number of benzene rings is 1. The van der Waals surface area contributed by atoms with Gasteiger partial charge in [0, 0.05) is 20.3 Å². The van der Waals surface area contributed by atoms with E-state index in [1.54, 1.807) is 19.2 Å². The van der Waals surface area contributed by atoms with E-state index in [0.717, 1.165) is 6.42 Å². The number of amides is 1. The summed E-state index contributed by atoms with van der Waals surface area (Å²) in [6.07, 6.45) is 0.614. The molecule has 1 aliphatic heterocycles. The van der Waals surface area contributed by atoms with Crippen molar-refractivity contribution < 1.29 is 18.7 Å². The van der Waals surface area contributed by atoms with Crippen LogP contribution in [0.4, 0.5) is 10.1 Å². The molecule has 1 aliphatic rings. The Morgan fingerprint density at radius 3 is 3.14 bits per heavy atom. The second-order valence-corrected chi connectivity index (χ2v) is 5.09. The Morgan fingerprint density at radius 2 is 2.38 bits per heavy atom.